The molecule has 1 saturated heterocycles. The molecule has 1 atom stereocenters. The Bertz CT molecular complexity index is 627. The number of hydrogen-bond donors (Lipinski definition) is 0. The van der Waals surface area contributed by atoms with Gasteiger partial charge in [0, 0.05) is 37.9 Å². The van der Waals surface area contributed by atoms with E-state index in [1.807, 2.05) is 12.5 Å². The molecule has 0 N–H and O–H groups in total. The van der Waals surface area contributed by atoms with Crippen LogP contribution in [-0.4, -0.2) is 33.4 Å². The zero-order valence-electron chi connectivity index (χ0n) is 14.5. The van der Waals surface area contributed by atoms with Gasteiger partial charge >= 0.3 is 0 Å². The average molecular weight is 325 g/mol. The molecule has 4 nitrogen and oxygen atoms in total. The van der Waals surface area contributed by atoms with Gasteiger partial charge in [-0.05, 0) is 44.6 Å². The lowest BCUT2D eigenvalue weighted by Crippen LogP contribution is -2.40. The Hall–Kier alpha value is -2.10. The Morgan fingerprint density at radius 1 is 1.17 bits per heavy atom. The summed E-state index contributed by atoms with van der Waals surface area (Å²) < 4.78 is 2.06. The molecule has 3 rings (SSSR count). The minimum atomic E-state index is 0.0493. The molecule has 2 aromatic rings. The van der Waals surface area contributed by atoms with Crippen molar-refractivity contribution < 1.29 is 4.79 Å². The number of benzene rings is 1. The van der Waals surface area contributed by atoms with E-state index in [4.69, 9.17) is 0 Å². The van der Waals surface area contributed by atoms with E-state index in [1.54, 1.807) is 6.20 Å². The summed E-state index contributed by atoms with van der Waals surface area (Å²) in [6, 6.07) is 8.58. The molecule has 1 aromatic heterocycles. The van der Waals surface area contributed by atoms with E-state index in [0.29, 0.717) is 5.91 Å². The van der Waals surface area contributed by atoms with E-state index >= 15 is 0 Å². The maximum Gasteiger partial charge on any atom is 0.226 e. The molecule has 128 valence electrons. The largest absolute Gasteiger partial charge is 0.342 e. The van der Waals surface area contributed by atoms with Crippen LogP contribution < -0.4 is 0 Å². The number of aryl methyl sites for hydroxylation is 2. The molecule has 2 heterocycles. The SMILES string of the molecule is Cc1ccc(CC(CCn2ccnc2)C(=O)N2CCCCC2)cc1. The Balaban J connectivity index is 1.68. The van der Waals surface area contributed by atoms with Crippen molar-refractivity contribution in [2.45, 2.75) is 45.6 Å². The number of imidazole rings is 1. The number of amides is 1. The van der Waals surface area contributed by atoms with Gasteiger partial charge in [-0.25, -0.2) is 4.98 Å². The van der Waals surface area contributed by atoms with Crippen LogP contribution in [0.25, 0.3) is 0 Å². The molecule has 4 heteroatoms. The summed E-state index contributed by atoms with van der Waals surface area (Å²) in [5.74, 6) is 0.378. The van der Waals surface area contributed by atoms with Crippen molar-refractivity contribution in [3.05, 3.63) is 54.1 Å². The summed E-state index contributed by atoms with van der Waals surface area (Å²) in [7, 11) is 0. The molecule has 0 aliphatic carbocycles. The fraction of sp³-hybridized carbons (Fsp3) is 0.500. The van der Waals surface area contributed by atoms with Gasteiger partial charge in [0.2, 0.25) is 5.91 Å². The normalized spacial score (nSPS) is 16.1. The lowest BCUT2D eigenvalue weighted by molar-refractivity contribution is -0.136. The van der Waals surface area contributed by atoms with Gasteiger partial charge in [0.05, 0.1) is 6.33 Å². The number of carbonyl (C=O) groups excluding carboxylic acids is 1. The third-order valence-corrected chi connectivity index (χ3v) is 4.91. The van der Waals surface area contributed by atoms with Crippen molar-refractivity contribution in [1.82, 2.24) is 14.5 Å². The summed E-state index contributed by atoms with van der Waals surface area (Å²) in [6.07, 6.45) is 10.8. The van der Waals surface area contributed by atoms with Crippen LogP contribution in [0, 0.1) is 12.8 Å². The number of aromatic nitrogens is 2. The minimum absolute atomic E-state index is 0.0493. The Kier molecular flexibility index (Phi) is 5.68. The van der Waals surface area contributed by atoms with Crippen LogP contribution in [0.5, 0.6) is 0 Å². The third-order valence-electron chi connectivity index (χ3n) is 4.91. The molecule has 24 heavy (non-hydrogen) atoms. The van der Waals surface area contributed by atoms with E-state index < -0.39 is 0 Å². The Morgan fingerprint density at radius 2 is 1.92 bits per heavy atom. The highest BCUT2D eigenvalue weighted by molar-refractivity contribution is 5.79. The molecule has 1 aromatic carbocycles. The number of hydrogen-bond acceptors (Lipinski definition) is 2. The van der Waals surface area contributed by atoms with Crippen LogP contribution in [-0.2, 0) is 17.8 Å². The highest BCUT2D eigenvalue weighted by Gasteiger charge is 2.25. The van der Waals surface area contributed by atoms with Crippen LogP contribution in [0.4, 0.5) is 0 Å². The van der Waals surface area contributed by atoms with Crippen LogP contribution in [0.3, 0.4) is 0 Å². The summed E-state index contributed by atoms with van der Waals surface area (Å²) >= 11 is 0. The molecule has 0 radical (unpaired) electrons. The molecular weight excluding hydrogens is 298 g/mol. The minimum Gasteiger partial charge on any atom is -0.342 e. The highest BCUT2D eigenvalue weighted by atomic mass is 16.2. The summed E-state index contributed by atoms with van der Waals surface area (Å²) in [4.78, 5) is 19.2. The Morgan fingerprint density at radius 3 is 2.58 bits per heavy atom. The Labute approximate surface area is 144 Å². The summed E-state index contributed by atoms with van der Waals surface area (Å²) in [5.41, 5.74) is 2.51. The van der Waals surface area contributed by atoms with Crippen LogP contribution in [0.2, 0.25) is 0 Å². The van der Waals surface area contributed by atoms with Gasteiger partial charge in [0.1, 0.15) is 0 Å². The lowest BCUT2D eigenvalue weighted by atomic mass is 9.93. The summed E-state index contributed by atoms with van der Waals surface area (Å²) in [6.45, 7) is 4.79. The maximum absolute atomic E-state index is 13.0. The molecule has 1 unspecified atom stereocenters. The second-order valence-electron chi connectivity index (χ2n) is 6.86. The van der Waals surface area contributed by atoms with Crippen molar-refractivity contribution in [3.8, 4) is 0 Å². The first kappa shape index (κ1) is 16.7. The fourth-order valence-corrected chi connectivity index (χ4v) is 3.42. The molecule has 0 bridgehead atoms. The first-order valence-corrected chi connectivity index (χ1v) is 9.02. The molecule has 1 aliphatic rings. The zero-order chi connectivity index (χ0) is 16.8. The third kappa shape index (κ3) is 4.47. The molecule has 0 spiro atoms. The zero-order valence-corrected chi connectivity index (χ0v) is 14.5. The van der Waals surface area contributed by atoms with Gasteiger partial charge in [-0.3, -0.25) is 4.79 Å². The number of piperidine rings is 1. The number of nitrogens with zero attached hydrogens (tertiary/aromatic N) is 3. The standard InChI is InChI=1S/C20H27N3O/c1-17-5-7-18(8-6-17)15-19(9-13-22-14-10-21-16-22)20(24)23-11-3-2-4-12-23/h5-8,10,14,16,19H,2-4,9,11-13,15H2,1H3. The van der Waals surface area contributed by atoms with Crippen LogP contribution >= 0.6 is 0 Å². The predicted octanol–water partition coefficient (Wildman–Crippen LogP) is 3.45. The van der Waals surface area contributed by atoms with Crippen molar-refractivity contribution in [2.75, 3.05) is 13.1 Å². The monoisotopic (exact) mass is 325 g/mol. The average Bonchev–Trinajstić information content (AvgIpc) is 3.14. The second-order valence-corrected chi connectivity index (χ2v) is 6.86. The van der Waals surface area contributed by atoms with Crippen molar-refractivity contribution in [3.63, 3.8) is 0 Å². The molecule has 0 saturated carbocycles. The second kappa shape index (κ2) is 8.13. The van der Waals surface area contributed by atoms with Crippen LogP contribution in [0.1, 0.15) is 36.8 Å². The van der Waals surface area contributed by atoms with Gasteiger partial charge in [0.15, 0.2) is 0 Å². The van der Waals surface area contributed by atoms with Gasteiger partial charge in [-0.15, -0.1) is 0 Å². The van der Waals surface area contributed by atoms with Crippen molar-refractivity contribution in [2.24, 2.45) is 5.92 Å². The van der Waals surface area contributed by atoms with Crippen molar-refractivity contribution in [1.29, 1.82) is 0 Å². The smallest absolute Gasteiger partial charge is 0.226 e. The van der Waals surface area contributed by atoms with E-state index in [0.717, 1.165) is 45.3 Å². The first-order valence-electron chi connectivity index (χ1n) is 9.02. The van der Waals surface area contributed by atoms with Crippen LogP contribution in [0.15, 0.2) is 43.0 Å². The van der Waals surface area contributed by atoms with E-state index in [9.17, 15) is 4.79 Å². The summed E-state index contributed by atoms with van der Waals surface area (Å²) in [5, 5.41) is 0. The van der Waals surface area contributed by atoms with E-state index in [-0.39, 0.29) is 5.92 Å². The van der Waals surface area contributed by atoms with Gasteiger partial charge in [-0.2, -0.15) is 0 Å². The topological polar surface area (TPSA) is 38.1 Å². The molecule has 1 amide bonds. The number of carbonyl (C=O) groups is 1. The van der Waals surface area contributed by atoms with E-state index in [2.05, 4.69) is 45.6 Å². The highest BCUT2D eigenvalue weighted by Crippen LogP contribution is 2.20. The predicted molar refractivity (Wildman–Crippen MR) is 95.6 cm³/mol. The lowest BCUT2D eigenvalue weighted by Gasteiger charge is -2.30. The first-order chi connectivity index (χ1) is 11.7. The number of rotatable bonds is 6. The maximum atomic E-state index is 13.0. The molecule has 1 aliphatic heterocycles. The molecular formula is C20H27N3O. The molecule has 1 fully saturated rings. The fourth-order valence-electron chi connectivity index (χ4n) is 3.42. The van der Waals surface area contributed by atoms with Crippen molar-refractivity contribution >= 4 is 5.91 Å². The number of likely N-dealkylation sites (tertiary alicyclic amines) is 1. The van der Waals surface area contributed by atoms with Gasteiger partial charge in [0.25, 0.3) is 0 Å². The van der Waals surface area contributed by atoms with Gasteiger partial charge in [-0.1, -0.05) is 29.8 Å². The van der Waals surface area contributed by atoms with E-state index in [1.165, 1.54) is 17.5 Å². The van der Waals surface area contributed by atoms with Gasteiger partial charge < -0.3 is 9.47 Å². The quantitative estimate of drug-likeness (QED) is 0.816.